The van der Waals surface area contributed by atoms with Gasteiger partial charge in [0, 0.05) is 12.3 Å². The third-order valence-corrected chi connectivity index (χ3v) is 2.29. The van der Waals surface area contributed by atoms with E-state index in [-0.39, 0.29) is 11.7 Å². The fourth-order valence-corrected chi connectivity index (χ4v) is 1.54. The van der Waals surface area contributed by atoms with E-state index in [1.165, 1.54) is 0 Å². The Morgan fingerprint density at radius 1 is 1.58 bits per heavy atom. The Labute approximate surface area is 73.0 Å². The average Bonchev–Trinajstić information content (AvgIpc) is 2.08. The normalized spacial score (nSPS) is 29.3. The highest BCUT2D eigenvalue weighted by Crippen LogP contribution is 2.23. The van der Waals surface area contributed by atoms with E-state index >= 15 is 0 Å². The van der Waals surface area contributed by atoms with Crippen LogP contribution in [0.4, 0.5) is 0 Å². The van der Waals surface area contributed by atoms with Crippen LogP contribution >= 0.6 is 0 Å². The molecule has 0 amide bonds. The summed E-state index contributed by atoms with van der Waals surface area (Å²) >= 11 is 0. The third kappa shape index (κ3) is 2.09. The molecular weight excluding hydrogens is 152 g/mol. The Balaban J connectivity index is 2.50. The second-order valence-electron chi connectivity index (χ2n) is 3.18. The second kappa shape index (κ2) is 4.27. The lowest BCUT2D eigenvalue weighted by Gasteiger charge is -2.22. The molecule has 1 fully saturated rings. The Morgan fingerprint density at radius 3 is 3.00 bits per heavy atom. The maximum atomic E-state index is 11.3. The Bertz CT molecular complexity index is 222. The predicted octanol–water partition coefficient (Wildman–Crippen LogP) is 1.13. The summed E-state index contributed by atoms with van der Waals surface area (Å²) in [5.41, 5.74) is 0. The molecule has 1 saturated carbocycles. The van der Waals surface area contributed by atoms with Crippen LogP contribution in [0, 0.1) is 17.8 Å². The summed E-state index contributed by atoms with van der Waals surface area (Å²) in [6.07, 6.45) is 2.37. The van der Waals surface area contributed by atoms with Crippen LogP contribution in [0.2, 0.25) is 0 Å². The fraction of sp³-hybridized carbons (Fsp3) is 0.700. The fourth-order valence-electron chi connectivity index (χ4n) is 1.54. The quantitative estimate of drug-likeness (QED) is 0.593. The molecule has 1 rings (SSSR count). The van der Waals surface area contributed by atoms with E-state index in [4.69, 9.17) is 0 Å². The molecule has 0 radical (unpaired) electrons. The SMILES string of the molecule is CC#CCC1CCCC(O)C1=O. The number of rotatable bonds is 1. The van der Waals surface area contributed by atoms with Crippen LogP contribution < -0.4 is 0 Å². The average molecular weight is 166 g/mol. The summed E-state index contributed by atoms with van der Waals surface area (Å²) in [5.74, 6) is 5.63. The van der Waals surface area contributed by atoms with Crippen LogP contribution in [-0.2, 0) is 4.79 Å². The topological polar surface area (TPSA) is 37.3 Å². The summed E-state index contributed by atoms with van der Waals surface area (Å²) in [6.45, 7) is 1.77. The van der Waals surface area contributed by atoms with Crippen molar-refractivity contribution in [3.8, 4) is 11.8 Å². The van der Waals surface area contributed by atoms with E-state index in [1.54, 1.807) is 6.92 Å². The highest BCUT2D eigenvalue weighted by atomic mass is 16.3. The number of aliphatic hydroxyl groups excluding tert-OH is 1. The summed E-state index contributed by atoms with van der Waals surface area (Å²) in [5, 5.41) is 9.25. The van der Waals surface area contributed by atoms with Crippen LogP contribution in [-0.4, -0.2) is 17.0 Å². The van der Waals surface area contributed by atoms with Crippen molar-refractivity contribution < 1.29 is 9.90 Å². The molecule has 1 aliphatic rings. The number of carbonyl (C=O) groups excluding carboxylic acids is 1. The highest BCUT2D eigenvalue weighted by molar-refractivity contribution is 5.86. The first-order valence-electron chi connectivity index (χ1n) is 4.37. The van der Waals surface area contributed by atoms with Gasteiger partial charge in [0.05, 0.1) is 0 Å². The zero-order chi connectivity index (χ0) is 8.97. The molecule has 0 aliphatic heterocycles. The molecule has 12 heavy (non-hydrogen) atoms. The van der Waals surface area contributed by atoms with Gasteiger partial charge in [0.25, 0.3) is 0 Å². The lowest BCUT2D eigenvalue weighted by molar-refractivity contribution is -0.133. The molecule has 0 aromatic carbocycles. The van der Waals surface area contributed by atoms with Crippen molar-refractivity contribution >= 4 is 5.78 Å². The smallest absolute Gasteiger partial charge is 0.165 e. The molecule has 0 bridgehead atoms. The van der Waals surface area contributed by atoms with Crippen molar-refractivity contribution in [2.45, 2.75) is 38.7 Å². The maximum Gasteiger partial charge on any atom is 0.165 e. The lowest BCUT2D eigenvalue weighted by atomic mass is 9.84. The zero-order valence-electron chi connectivity index (χ0n) is 7.34. The van der Waals surface area contributed by atoms with Gasteiger partial charge in [-0.2, -0.15) is 0 Å². The van der Waals surface area contributed by atoms with Crippen molar-refractivity contribution in [2.24, 2.45) is 5.92 Å². The molecule has 0 aromatic heterocycles. The van der Waals surface area contributed by atoms with Gasteiger partial charge in [-0.1, -0.05) is 0 Å². The van der Waals surface area contributed by atoms with Gasteiger partial charge in [0.15, 0.2) is 5.78 Å². The lowest BCUT2D eigenvalue weighted by Crippen LogP contribution is -2.32. The van der Waals surface area contributed by atoms with Gasteiger partial charge < -0.3 is 5.11 Å². The number of Topliss-reactive ketones (excluding diaryl/α,β-unsaturated/α-hetero) is 1. The summed E-state index contributed by atoms with van der Waals surface area (Å²) in [4.78, 5) is 11.3. The molecule has 0 aromatic rings. The number of aliphatic hydroxyl groups is 1. The predicted molar refractivity (Wildman–Crippen MR) is 46.4 cm³/mol. The molecule has 1 N–H and O–H groups in total. The molecule has 1 aliphatic carbocycles. The van der Waals surface area contributed by atoms with E-state index in [9.17, 15) is 9.90 Å². The first-order chi connectivity index (χ1) is 5.75. The minimum absolute atomic E-state index is 0.0102. The molecule has 2 atom stereocenters. The van der Waals surface area contributed by atoms with Crippen LogP contribution in [0.5, 0.6) is 0 Å². The van der Waals surface area contributed by atoms with E-state index in [1.807, 2.05) is 0 Å². The van der Waals surface area contributed by atoms with Gasteiger partial charge in [-0.05, 0) is 26.2 Å². The minimum Gasteiger partial charge on any atom is -0.385 e. The van der Waals surface area contributed by atoms with Crippen LogP contribution in [0.3, 0.4) is 0 Å². The van der Waals surface area contributed by atoms with E-state index in [2.05, 4.69) is 11.8 Å². The number of ketones is 1. The van der Waals surface area contributed by atoms with E-state index in [0.29, 0.717) is 12.8 Å². The van der Waals surface area contributed by atoms with Crippen molar-refractivity contribution in [2.75, 3.05) is 0 Å². The molecule has 2 heteroatoms. The van der Waals surface area contributed by atoms with Crippen LogP contribution in [0.1, 0.15) is 32.6 Å². The minimum atomic E-state index is -0.720. The zero-order valence-corrected chi connectivity index (χ0v) is 7.34. The summed E-state index contributed by atoms with van der Waals surface area (Å²) in [7, 11) is 0. The molecular formula is C10H14O2. The van der Waals surface area contributed by atoms with E-state index in [0.717, 1.165) is 12.8 Å². The van der Waals surface area contributed by atoms with Gasteiger partial charge in [0.1, 0.15) is 6.10 Å². The van der Waals surface area contributed by atoms with Crippen molar-refractivity contribution in [1.82, 2.24) is 0 Å². The Kier molecular flexibility index (Phi) is 3.31. The first-order valence-corrected chi connectivity index (χ1v) is 4.37. The molecule has 2 unspecified atom stereocenters. The van der Waals surface area contributed by atoms with Crippen LogP contribution in [0.25, 0.3) is 0 Å². The standard InChI is InChI=1S/C10H14O2/c1-2-3-5-8-6-4-7-9(11)10(8)12/h8-9,11H,4-7H2,1H3. The third-order valence-electron chi connectivity index (χ3n) is 2.29. The van der Waals surface area contributed by atoms with Crippen molar-refractivity contribution in [1.29, 1.82) is 0 Å². The first kappa shape index (κ1) is 9.28. The van der Waals surface area contributed by atoms with Crippen molar-refractivity contribution in [3.63, 3.8) is 0 Å². The van der Waals surface area contributed by atoms with Gasteiger partial charge in [-0.3, -0.25) is 4.79 Å². The molecule has 0 heterocycles. The highest BCUT2D eigenvalue weighted by Gasteiger charge is 2.28. The largest absolute Gasteiger partial charge is 0.385 e. The molecule has 66 valence electrons. The summed E-state index contributed by atoms with van der Waals surface area (Å²) < 4.78 is 0. The van der Waals surface area contributed by atoms with Gasteiger partial charge >= 0.3 is 0 Å². The summed E-state index contributed by atoms with van der Waals surface area (Å²) in [6, 6.07) is 0. The van der Waals surface area contributed by atoms with Gasteiger partial charge in [0.2, 0.25) is 0 Å². The van der Waals surface area contributed by atoms with E-state index < -0.39 is 6.10 Å². The maximum absolute atomic E-state index is 11.3. The monoisotopic (exact) mass is 166 g/mol. The van der Waals surface area contributed by atoms with Crippen molar-refractivity contribution in [3.05, 3.63) is 0 Å². The Hall–Kier alpha value is -0.810. The molecule has 2 nitrogen and oxygen atoms in total. The Morgan fingerprint density at radius 2 is 2.33 bits per heavy atom. The number of hydrogen-bond donors (Lipinski definition) is 1. The number of hydrogen-bond acceptors (Lipinski definition) is 2. The molecule has 0 saturated heterocycles. The van der Waals surface area contributed by atoms with Gasteiger partial charge in [-0.15, -0.1) is 11.8 Å². The second-order valence-corrected chi connectivity index (χ2v) is 3.18. The number of carbonyl (C=O) groups is 1. The van der Waals surface area contributed by atoms with Crippen LogP contribution in [0.15, 0.2) is 0 Å². The molecule has 0 spiro atoms. The van der Waals surface area contributed by atoms with Gasteiger partial charge in [-0.25, -0.2) is 0 Å².